The summed E-state index contributed by atoms with van der Waals surface area (Å²) in [6.07, 6.45) is 3.37. The second-order valence-electron chi connectivity index (χ2n) is 8.96. The van der Waals surface area contributed by atoms with Crippen molar-refractivity contribution in [1.29, 1.82) is 0 Å². The van der Waals surface area contributed by atoms with Gasteiger partial charge in [0.25, 0.3) is 11.5 Å². The van der Waals surface area contributed by atoms with Crippen LogP contribution in [0.5, 0.6) is 11.5 Å². The van der Waals surface area contributed by atoms with Crippen LogP contribution in [0.4, 0.5) is 5.82 Å². The molecule has 0 atom stereocenters. The van der Waals surface area contributed by atoms with E-state index < -0.39 is 0 Å². The van der Waals surface area contributed by atoms with Gasteiger partial charge in [-0.05, 0) is 42.8 Å². The number of pyridine rings is 1. The summed E-state index contributed by atoms with van der Waals surface area (Å²) in [5, 5.41) is 0. The zero-order valence-electron chi connectivity index (χ0n) is 20.3. The molecule has 5 heterocycles. The van der Waals surface area contributed by atoms with Crippen LogP contribution in [-0.2, 0) is 11.3 Å². The molecular weight excluding hydrogens is 510 g/mol. The van der Waals surface area contributed by atoms with Crippen LogP contribution in [0.15, 0.2) is 52.3 Å². The lowest BCUT2D eigenvalue weighted by atomic mass is 10.1. The molecule has 190 valence electrons. The molecule has 0 aliphatic carbocycles. The van der Waals surface area contributed by atoms with Crippen LogP contribution in [0, 0.1) is 0 Å². The van der Waals surface area contributed by atoms with Crippen LogP contribution in [0.1, 0.15) is 18.1 Å². The molecule has 6 rings (SSSR count). The van der Waals surface area contributed by atoms with E-state index in [1.54, 1.807) is 23.2 Å². The molecule has 9 nitrogen and oxygen atoms in total. The third-order valence-corrected chi connectivity index (χ3v) is 8.11. The number of piperazine rings is 1. The maximum atomic E-state index is 13.6. The number of carbonyl (C=O) groups is 1. The Hall–Kier alpha value is -3.41. The minimum atomic E-state index is -0.204. The number of fused-ring (bicyclic) bond motifs is 2. The number of likely N-dealkylation sites (N-methyl/N-ethyl adjacent to an activating group) is 1. The van der Waals surface area contributed by atoms with Crippen LogP contribution in [0.3, 0.4) is 0 Å². The first-order chi connectivity index (χ1) is 18.0. The van der Waals surface area contributed by atoms with Gasteiger partial charge in [0.1, 0.15) is 15.8 Å². The lowest BCUT2D eigenvalue weighted by Crippen LogP contribution is -2.47. The fourth-order valence-electron chi connectivity index (χ4n) is 4.78. The highest BCUT2D eigenvalue weighted by atomic mass is 32.2. The highest BCUT2D eigenvalue weighted by Crippen LogP contribution is 2.34. The van der Waals surface area contributed by atoms with E-state index >= 15 is 0 Å². The summed E-state index contributed by atoms with van der Waals surface area (Å²) in [6, 6.07) is 11.5. The molecule has 2 fully saturated rings. The van der Waals surface area contributed by atoms with Crippen molar-refractivity contribution in [2.75, 3.05) is 44.4 Å². The van der Waals surface area contributed by atoms with Crippen molar-refractivity contribution < 1.29 is 14.3 Å². The molecule has 3 aliphatic heterocycles. The number of amides is 1. The molecule has 0 bridgehead atoms. The van der Waals surface area contributed by atoms with E-state index in [1.807, 2.05) is 31.2 Å². The minimum Gasteiger partial charge on any atom is -0.454 e. The molecule has 0 unspecified atom stereocenters. The first-order valence-corrected chi connectivity index (χ1v) is 13.4. The number of ether oxygens (including phenoxy) is 2. The summed E-state index contributed by atoms with van der Waals surface area (Å²) < 4.78 is 13.0. The Kier molecular flexibility index (Phi) is 6.35. The number of hydrogen-bond donors (Lipinski definition) is 0. The molecule has 1 amide bonds. The van der Waals surface area contributed by atoms with Crippen LogP contribution < -0.4 is 19.9 Å². The molecular formula is C26H25N5O4S2. The quantitative estimate of drug-likeness (QED) is 0.362. The first kappa shape index (κ1) is 24.0. The molecule has 0 radical (unpaired) electrons. The van der Waals surface area contributed by atoms with E-state index in [9.17, 15) is 9.59 Å². The Bertz CT molecular complexity index is 1500. The van der Waals surface area contributed by atoms with E-state index in [0.29, 0.717) is 45.9 Å². The Morgan fingerprint density at radius 1 is 1.08 bits per heavy atom. The molecule has 37 heavy (non-hydrogen) atoms. The van der Waals surface area contributed by atoms with Gasteiger partial charge >= 0.3 is 0 Å². The van der Waals surface area contributed by atoms with Gasteiger partial charge in [-0.1, -0.05) is 36.1 Å². The zero-order chi connectivity index (χ0) is 25.5. The Balaban J connectivity index is 1.28. The van der Waals surface area contributed by atoms with Crippen LogP contribution in [0.25, 0.3) is 11.7 Å². The number of hydrogen-bond acceptors (Lipinski definition) is 9. The summed E-state index contributed by atoms with van der Waals surface area (Å²) >= 11 is 6.60. The monoisotopic (exact) mass is 535 g/mol. The first-order valence-electron chi connectivity index (χ1n) is 12.1. The smallest absolute Gasteiger partial charge is 0.267 e. The lowest BCUT2D eigenvalue weighted by molar-refractivity contribution is -0.121. The lowest BCUT2D eigenvalue weighted by Gasteiger charge is -2.36. The SMILES string of the molecule is CCN1C(=O)C(=Cc2c(N3CCN(Cc4ccc5c(c4)OCO5)CC3)nc3ccccn3c2=O)SC1=S. The number of nitrogens with zero attached hydrogens (tertiary/aromatic N) is 5. The molecule has 3 aliphatic rings. The standard InChI is InChI=1S/C26H25N5O4S2/c1-2-30-25(33)21(37-26(30)36)14-18-23(27-22-5-3-4-8-31(22)24(18)32)29-11-9-28(10-12-29)15-17-6-7-19-20(13-17)35-16-34-19/h3-8,13-14H,2,9-12,15-16H2,1H3. The van der Waals surface area contributed by atoms with Gasteiger partial charge in [-0.2, -0.15) is 0 Å². The fourth-order valence-corrected chi connectivity index (χ4v) is 6.14. The molecule has 0 spiro atoms. The van der Waals surface area contributed by atoms with Crippen molar-refractivity contribution in [3.05, 3.63) is 69.0 Å². The number of thiocarbonyl (C=S) groups is 1. The zero-order valence-corrected chi connectivity index (χ0v) is 21.9. The largest absolute Gasteiger partial charge is 0.454 e. The number of rotatable bonds is 5. The Morgan fingerprint density at radius 2 is 1.89 bits per heavy atom. The fraction of sp³-hybridized carbons (Fsp3) is 0.308. The van der Waals surface area contributed by atoms with Gasteiger partial charge in [0.05, 0.1) is 10.5 Å². The minimum absolute atomic E-state index is 0.172. The summed E-state index contributed by atoms with van der Waals surface area (Å²) in [5.74, 6) is 2.00. The highest BCUT2D eigenvalue weighted by molar-refractivity contribution is 8.26. The van der Waals surface area contributed by atoms with E-state index in [2.05, 4.69) is 15.9 Å². The van der Waals surface area contributed by atoms with Crippen molar-refractivity contribution in [3.8, 4) is 11.5 Å². The van der Waals surface area contributed by atoms with Gasteiger partial charge in [0.2, 0.25) is 6.79 Å². The van der Waals surface area contributed by atoms with Crippen molar-refractivity contribution in [3.63, 3.8) is 0 Å². The average molecular weight is 536 g/mol. The molecule has 3 aromatic rings. The topological polar surface area (TPSA) is 79.6 Å². The summed E-state index contributed by atoms with van der Waals surface area (Å²) in [4.78, 5) is 37.8. The van der Waals surface area contributed by atoms with Crippen molar-refractivity contribution in [1.82, 2.24) is 19.2 Å². The predicted octanol–water partition coefficient (Wildman–Crippen LogP) is 2.97. The van der Waals surface area contributed by atoms with E-state index in [-0.39, 0.29) is 18.3 Å². The number of benzene rings is 1. The second-order valence-corrected chi connectivity index (χ2v) is 10.6. The van der Waals surface area contributed by atoms with Gasteiger partial charge in [-0.15, -0.1) is 0 Å². The number of carbonyl (C=O) groups excluding carboxylic acids is 1. The molecule has 2 aromatic heterocycles. The molecule has 0 saturated carbocycles. The van der Waals surface area contributed by atoms with E-state index in [4.69, 9.17) is 26.7 Å². The van der Waals surface area contributed by atoms with Crippen molar-refractivity contribution in [2.45, 2.75) is 13.5 Å². The maximum Gasteiger partial charge on any atom is 0.267 e. The summed E-state index contributed by atoms with van der Waals surface area (Å²) in [7, 11) is 0. The third kappa shape index (κ3) is 4.47. The Morgan fingerprint density at radius 3 is 2.68 bits per heavy atom. The van der Waals surface area contributed by atoms with E-state index in [0.717, 1.165) is 31.1 Å². The molecule has 1 aromatic carbocycles. The average Bonchev–Trinajstić information content (AvgIpc) is 3.49. The predicted molar refractivity (Wildman–Crippen MR) is 147 cm³/mol. The van der Waals surface area contributed by atoms with Crippen LogP contribution in [-0.4, -0.2) is 68.9 Å². The normalized spacial score (nSPS) is 19.0. The van der Waals surface area contributed by atoms with Crippen molar-refractivity contribution in [2.24, 2.45) is 0 Å². The summed E-state index contributed by atoms with van der Waals surface area (Å²) in [6.45, 7) is 6.46. The Labute approximate surface area is 223 Å². The third-order valence-electron chi connectivity index (χ3n) is 6.73. The molecule has 11 heteroatoms. The second kappa shape index (κ2) is 9.81. The number of anilines is 1. The maximum absolute atomic E-state index is 13.6. The van der Waals surface area contributed by atoms with Crippen LogP contribution >= 0.6 is 24.0 Å². The van der Waals surface area contributed by atoms with E-state index in [1.165, 1.54) is 21.7 Å². The summed E-state index contributed by atoms with van der Waals surface area (Å²) in [5.41, 5.74) is 1.94. The number of aromatic nitrogens is 2. The number of thioether (sulfide) groups is 1. The van der Waals surface area contributed by atoms with Gasteiger partial charge in [0, 0.05) is 45.5 Å². The van der Waals surface area contributed by atoms with Gasteiger partial charge in [-0.3, -0.25) is 23.8 Å². The van der Waals surface area contributed by atoms with Gasteiger partial charge < -0.3 is 14.4 Å². The van der Waals surface area contributed by atoms with Crippen molar-refractivity contribution >= 4 is 51.7 Å². The highest BCUT2D eigenvalue weighted by Gasteiger charge is 2.32. The molecule has 2 saturated heterocycles. The van der Waals surface area contributed by atoms with Gasteiger partial charge in [0.15, 0.2) is 11.5 Å². The van der Waals surface area contributed by atoms with Gasteiger partial charge in [-0.25, -0.2) is 4.98 Å². The molecule has 0 N–H and O–H groups in total. The van der Waals surface area contributed by atoms with Crippen LogP contribution in [0.2, 0.25) is 0 Å².